The molecule has 9 heteroatoms. The van der Waals surface area contributed by atoms with Crippen LogP contribution in [0.5, 0.6) is 11.8 Å². The van der Waals surface area contributed by atoms with Gasteiger partial charge in [-0.05, 0) is 0 Å². The molecule has 0 saturated heterocycles. The summed E-state index contributed by atoms with van der Waals surface area (Å²) < 4.78 is 69.2. The van der Waals surface area contributed by atoms with Crippen molar-refractivity contribution in [1.29, 1.82) is 0 Å². The fraction of sp³-hybridized carbons (Fsp3) is 0.500. The van der Waals surface area contributed by atoms with Crippen molar-refractivity contribution in [1.82, 2.24) is 9.97 Å². The van der Waals surface area contributed by atoms with Crippen LogP contribution in [-0.4, -0.2) is 35.8 Å². The molecule has 0 aliphatic carbocycles. The number of hydrogen-bond acceptors (Lipinski definition) is 4. The Bertz CT molecular complexity index is 382. The highest BCUT2D eigenvalue weighted by Crippen LogP contribution is 2.35. The molecule has 1 aromatic heterocycles. The van der Waals surface area contributed by atoms with Gasteiger partial charge >= 0.3 is 12.1 Å². The maximum atomic E-state index is 12.5. The summed E-state index contributed by atoms with van der Waals surface area (Å²) in [6.45, 7) is -1.85. The molecule has 1 heterocycles. The van der Waals surface area contributed by atoms with Crippen LogP contribution in [0, 0.1) is 0 Å². The second kappa shape index (κ2) is 4.68. The van der Waals surface area contributed by atoms with Crippen molar-refractivity contribution in [2.75, 3.05) is 13.7 Å². The average Bonchev–Trinajstić information content (AvgIpc) is 2.25. The SMILES string of the molecule is COc1cc(OCC(F)(F)C(F)(F)F)ncn1. The van der Waals surface area contributed by atoms with E-state index in [-0.39, 0.29) is 5.88 Å². The largest absolute Gasteiger partial charge is 0.481 e. The lowest BCUT2D eigenvalue weighted by Crippen LogP contribution is -2.41. The number of methoxy groups -OCH3 is 1. The molecule has 0 fully saturated rings. The van der Waals surface area contributed by atoms with Gasteiger partial charge in [-0.15, -0.1) is 0 Å². The van der Waals surface area contributed by atoms with Gasteiger partial charge in [0.1, 0.15) is 6.33 Å². The number of nitrogens with zero attached hydrogens (tertiary/aromatic N) is 2. The highest BCUT2D eigenvalue weighted by Gasteiger charge is 2.58. The predicted molar refractivity (Wildman–Crippen MR) is 45.1 cm³/mol. The molecule has 0 N–H and O–H groups in total. The number of hydrogen-bond donors (Lipinski definition) is 0. The maximum absolute atomic E-state index is 12.5. The average molecular weight is 258 g/mol. The van der Waals surface area contributed by atoms with Crippen molar-refractivity contribution in [3.05, 3.63) is 12.4 Å². The Balaban J connectivity index is 2.67. The fourth-order valence-electron chi connectivity index (χ4n) is 0.760. The lowest BCUT2D eigenvalue weighted by atomic mass is 10.3. The fourth-order valence-corrected chi connectivity index (χ4v) is 0.760. The summed E-state index contributed by atoms with van der Waals surface area (Å²) in [5, 5.41) is 0. The van der Waals surface area contributed by atoms with E-state index >= 15 is 0 Å². The van der Waals surface area contributed by atoms with Crippen molar-refractivity contribution >= 4 is 0 Å². The van der Waals surface area contributed by atoms with Gasteiger partial charge in [0.05, 0.1) is 13.2 Å². The first-order valence-electron chi connectivity index (χ1n) is 4.19. The minimum atomic E-state index is -5.66. The van der Waals surface area contributed by atoms with Gasteiger partial charge in [0, 0.05) is 0 Å². The van der Waals surface area contributed by atoms with Gasteiger partial charge < -0.3 is 9.47 Å². The third-order valence-corrected chi connectivity index (χ3v) is 1.64. The Morgan fingerprint density at radius 3 is 2.24 bits per heavy atom. The summed E-state index contributed by atoms with van der Waals surface area (Å²) in [7, 11) is 1.25. The zero-order valence-corrected chi connectivity index (χ0v) is 8.46. The second-order valence-electron chi connectivity index (χ2n) is 2.89. The molecule has 17 heavy (non-hydrogen) atoms. The number of ether oxygens (including phenoxy) is 2. The summed E-state index contributed by atoms with van der Waals surface area (Å²) in [6, 6.07) is 0.993. The molecule has 4 nitrogen and oxygen atoms in total. The molecule has 0 amide bonds. The highest BCUT2D eigenvalue weighted by atomic mass is 19.4. The minimum absolute atomic E-state index is 0.00896. The Labute approximate surface area is 92.4 Å². The van der Waals surface area contributed by atoms with Crippen molar-refractivity contribution in [3.8, 4) is 11.8 Å². The minimum Gasteiger partial charge on any atom is -0.481 e. The summed E-state index contributed by atoms with van der Waals surface area (Å²) in [5.41, 5.74) is 0. The van der Waals surface area contributed by atoms with Crippen LogP contribution in [-0.2, 0) is 0 Å². The van der Waals surface area contributed by atoms with Gasteiger partial charge in [-0.1, -0.05) is 0 Å². The van der Waals surface area contributed by atoms with Gasteiger partial charge in [0.2, 0.25) is 11.8 Å². The van der Waals surface area contributed by atoms with E-state index < -0.39 is 24.6 Å². The molecule has 0 bridgehead atoms. The lowest BCUT2D eigenvalue weighted by Gasteiger charge is -2.19. The highest BCUT2D eigenvalue weighted by molar-refractivity contribution is 5.18. The third kappa shape index (κ3) is 3.40. The normalized spacial score (nSPS) is 12.4. The summed E-state index contributed by atoms with van der Waals surface area (Å²) in [4.78, 5) is 6.89. The van der Waals surface area contributed by atoms with Crippen molar-refractivity contribution in [2.24, 2.45) is 0 Å². The Morgan fingerprint density at radius 2 is 1.71 bits per heavy atom. The molecule has 0 spiro atoms. The predicted octanol–water partition coefficient (Wildman–Crippen LogP) is 2.06. The zero-order chi connectivity index (χ0) is 13.1. The van der Waals surface area contributed by atoms with Crippen LogP contribution in [0.4, 0.5) is 22.0 Å². The molecule has 0 atom stereocenters. The van der Waals surface area contributed by atoms with Crippen LogP contribution in [0.1, 0.15) is 0 Å². The summed E-state index contributed by atoms with van der Waals surface area (Å²) in [6.07, 6.45) is -4.75. The van der Waals surface area contributed by atoms with Crippen LogP contribution in [0.25, 0.3) is 0 Å². The van der Waals surface area contributed by atoms with Crippen LogP contribution in [0.2, 0.25) is 0 Å². The topological polar surface area (TPSA) is 44.2 Å². The Hall–Kier alpha value is -1.67. The molecule has 0 aliphatic heterocycles. The smallest absolute Gasteiger partial charge is 0.456 e. The standard InChI is InChI=1S/C8H7F5N2O2/c1-16-5-2-6(15-4-14-5)17-3-7(9,10)8(11,12)13/h2,4H,3H2,1H3. The molecule has 0 radical (unpaired) electrons. The Kier molecular flexibility index (Phi) is 3.69. The Morgan fingerprint density at radius 1 is 1.12 bits per heavy atom. The van der Waals surface area contributed by atoms with Crippen LogP contribution in [0.15, 0.2) is 12.4 Å². The van der Waals surface area contributed by atoms with E-state index in [2.05, 4.69) is 19.4 Å². The first-order valence-corrected chi connectivity index (χ1v) is 4.19. The number of alkyl halides is 5. The number of halogens is 5. The van der Waals surface area contributed by atoms with E-state index in [0.29, 0.717) is 0 Å². The van der Waals surface area contributed by atoms with Gasteiger partial charge in [-0.25, -0.2) is 9.97 Å². The molecule has 0 unspecified atom stereocenters. The molecule has 0 aliphatic rings. The van der Waals surface area contributed by atoms with E-state index in [9.17, 15) is 22.0 Å². The number of rotatable bonds is 4. The molecular weight excluding hydrogens is 251 g/mol. The summed E-state index contributed by atoms with van der Waals surface area (Å²) >= 11 is 0. The second-order valence-corrected chi connectivity index (χ2v) is 2.89. The number of aromatic nitrogens is 2. The first kappa shape index (κ1) is 13.4. The van der Waals surface area contributed by atoms with Gasteiger partial charge in [-0.2, -0.15) is 22.0 Å². The molecule has 1 aromatic rings. The van der Waals surface area contributed by atoms with E-state index in [4.69, 9.17) is 0 Å². The summed E-state index contributed by atoms with van der Waals surface area (Å²) in [5.74, 6) is -5.38. The monoisotopic (exact) mass is 258 g/mol. The van der Waals surface area contributed by atoms with Crippen LogP contribution in [0.3, 0.4) is 0 Å². The van der Waals surface area contributed by atoms with Gasteiger partial charge in [-0.3, -0.25) is 0 Å². The molecule has 96 valence electrons. The molecule has 1 rings (SSSR count). The molecular formula is C8H7F5N2O2. The van der Waals surface area contributed by atoms with Crippen molar-refractivity contribution in [3.63, 3.8) is 0 Å². The van der Waals surface area contributed by atoms with Crippen molar-refractivity contribution < 1.29 is 31.4 Å². The zero-order valence-electron chi connectivity index (χ0n) is 8.46. The maximum Gasteiger partial charge on any atom is 0.456 e. The third-order valence-electron chi connectivity index (χ3n) is 1.64. The van der Waals surface area contributed by atoms with Crippen LogP contribution >= 0.6 is 0 Å². The van der Waals surface area contributed by atoms with Crippen molar-refractivity contribution in [2.45, 2.75) is 12.1 Å². The van der Waals surface area contributed by atoms with Gasteiger partial charge in [0.15, 0.2) is 6.61 Å². The van der Waals surface area contributed by atoms with Crippen LogP contribution < -0.4 is 9.47 Å². The first-order chi connectivity index (χ1) is 7.76. The molecule has 0 aromatic carbocycles. The van der Waals surface area contributed by atoms with E-state index in [1.54, 1.807) is 0 Å². The van der Waals surface area contributed by atoms with E-state index in [1.807, 2.05) is 0 Å². The van der Waals surface area contributed by atoms with Gasteiger partial charge in [0.25, 0.3) is 0 Å². The van der Waals surface area contributed by atoms with E-state index in [1.165, 1.54) is 7.11 Å². The van der Waals surface area contributed by atoms with E-state index in [0.717, 1.165) is 12.4 Å². The quantitative estimate of drug-likeness (QED) is 0.775. The molecule has 0 saturated carbocycles. The lowest BCUT2D eigenvalue weighted by molar-refractivity contribution is -0.290.